The van der Waals surface area contributed by atoms with E-state index in [1.165, 1.54) is 4.90 Å². The van der Waals surface area contributed by atoms with Gasteiger partial charge in [-0.15, -0.1) is 0 Å². The van der Waals surface area contributed by atoms with E-state index in [4.69, 9.17) is 0 Å². The van der Waals surface area contributed by atoms with E-state index in [2.05, 4.69) is 15.3 Å². The number of hydrogen-bond donors (Lipinski definition) is 2. The predicted molar refractivity (Wildman–Crippen MR) is 116 cm³/mol. The summed E-state index contributed by atoms with van der Waals surface area (Å²) in [7, 11) is 0. The average molecular weight is 442 g/mol. The van der Waals surface area contributed by atoms with Crippen molar-refractivity contribution in [1.29, 1.82) is 0 Å². The molecule has 0 spiro atoms. The zero-order chi connectivity index (χ0) is 23.4. The molecule has 1 aromatic heterocycles. The van der Waals surface area contributed by atoms with Gasteiger partial charge < -0.3 is 15.2 Å². The number of hydrogen-bond acceptors (Lipinski definition) is 4. The topological polar surface area (TPSA) is 95.2 Å². The van der Waals surface area contributed by atoms with Crippen LogP contribution >= 0.6 is 0 Å². The number of aromatic amines is 1. The third kappa shape index (κ3) is 4.82. The molecule has 2 aromatic carbocycles. The summed E-state index contributed by atoms with van der Waals surface area (Å²) in [6, 6.07) is 8.92. The van der Waals surface area contributed by atoms with Gasteiger partial charge in [-0.05, 0) is 37.1 Å². The minimum atomic E-state index is -1.03. The van der Waals surface area contributed by atoms with Gasteiger partial charge in [0.25, 0.3) is 11.5 Å². The van der Waals surface area contributed by atoms with Crippen LogP contribution in [0.3, 0.4) is 0 Å². The van der Waals surface area contributed by atoms with Crippen LogP contribution in [-0.2, 0) is 11.3 Å². The third-order valence-corrected chi connectivity index (χ3v) is 5.11. The van der Waals surface area contributed by atoms with E-state index >= 15 is 0 Å². The Labute approximate surface area is 183 Å². The Balaban J connectivity index is 1.84. The highest BCUT2D eigenvalue weighted by Gasteiger charge is 2.30. The molecule has 2 amide bonds. The number of halogens is 2. The Hall–Kier alpha value is -3.62. The second-order valence-electron chi connectivity index (χ2n) is 7.67. The van der Waals surface area contributed by atoms with E-state index in [-0.39, 0.29) is 30.4 Å². The summed E-state index contributed by atoms with van der Waals surface area (Å²) in [5.74, 6) is -3.56. The summed E-state index contributed by atoms with van der Waals surface area (Å²) in [4.78, 5) is 46.6. The number of nitrogens with one attached hydrogen (secondary N) is 2. The van der Waals surface area contributed by atoms with Crippen molar-refractivity contribution in [3.8, 4) is 0 Å². The van der Waals surface area contributed by atoms with Crippen LogP contribution in [0.25, 0.3) is 10.9 Å². The number of likely N-dealkylation sites (N-methyl/N-ethyl adjacent to an activating group) is 1. The van der Waals surface area contributed by atoms with Gasteiger partial charge in [-0.3, -0.25) is 14.4 Å². The van der Waals surface area contributed by atoms with E-state index in [1.807, 2.05) is 0 Å². The highest BCUT2D eigenvalue weighted by molar-refractivity contribution is 5.98. The first-order chi connectivity index (χ1) is 15.2. The van der Waals surface area contributed by atoms with Gasteiger partial charge in [-0.2, -0.15) is 0 Å². The van der Waals surface area contributed by atoms with Crippen LogP contribution in [0.5, 0.6) is 0 Å². The average Bonchev–Trinajstić information content (AvgIpc) is 2.75. The van der Waals surface area contributed by atoms with Gasteiger partial charge in [0.1, 0.15) is 29.1 Å². The number of carbonyl (C=O) groups is 2. The molecule has 2 N–H and O–H groups in total. The highest BCUT2D eigenvalue weighted by atomic mass is 19.1. The van der Waals surface area contributed by atoms with Crippen LogP contribution in [0.4, 0.5) is 8.78 Å². The fourth-order valence-electron chi connectivity index (χ4n) is 3.37. The Kier molecular flexibility index (Phi) is 6.97. The summed E-state index contributed by atoms with van der Waals surface area (Å²) in [6.45, 7) is 5.44. The van der Waals surface area contributed by atoms with Gasteiger partial charge in [-0.1, -0.05) is 32.0 Å². The van der Waals surface area contributed by atoms with Crippen LogP contribution < -0.4 is 10.9 Å². The molecule has 0 aliphatic heterocycles. The number of fused-ring (bicyclic) bond motifs is 1. The van der Waals surface area contributed by atoms with E-state index in [9.17, 15) is 23.2 Å². The second-order valence-corrected chi connectivity index (χ2v) is 7.67. The van der Waals surface area contributed by atoms with Gasteiger partial charge in [0.05, 0.1) is 17.4 Å². The first kappa shape index (κ1) is 23.1. The lowest BCUT2D eigenvalue weighted by Gasteiger charge is -2.29. The van der Waals surface area contributed by atoms with Crippen LogP contribution in [0.15, 0.2) is 47.3 Å². The van der Waals surface area contributed by atoms with Crippen LogP contribution in [-0.4, -0.2) is 39.3 Å². The number of carbonyl (C=O) groups excluding carboxylic acids is 2. The number of para-hydroxylation sites is 1. The molecule has 0 saturated carbocycles. The van der Waals surface area contributed by atoms with Gasteiger partial charge in [0.2, 0.25) is 5.91 Å². The lowest BCUT2D eigenvalue weighted by molar-refractivity contribution is -0.134. The van der Waals surface area contributed by atoms with Crippen LogP contribution in [0.2, 0.25) is 0 Å². The smallest absolute Gasteiger partial charge is 0.258 e. The Bertz CT molecular complexity index is 1190. The van der Waals surface area contributed by atoms with Gasteiger partial charge in [0.15, 0.2) is 0 Å². The summed E-state index contributed by atoms with van der Waals surface area (Å²) < 4.78 is 28.0. The van der Waals surface area contributed by atoms with Crippen molar-refractivity contribution in [3.05, 3.63) is 75.8 Å². The predicted octanol–water partition coefficient (Wildman–Crippen LogP) is 3.00. The van der Waals surface area contributed by atoms with Crippen molar-refractivity contribution >= 4 is 22.7 Å². The Morgan fingerprint density at radius 2 is 1.75 bits per heavy atom. The third-order valence-electron chi connectivity index (χ3n) is 5.11. The summed E-state index contributed by atoms with van der Waals surface area (Å²) in [5.41, 5.74) is -0.564. The van der Waals surface area contributed by atoms with Crippen LogP contribution in [0, 0.1) is 17.6 Å². The number of nitrogens with zero attached hydrogens (tertiary/aromatic N) is 2. The molecule has 1 heterocycles. The monoisotopic (exact) mass is 442 g/mol. The molecule has 0 aliphatic rings. The Morgan fingerprint density at radius 1 is 1.09 bits per heavy atom. The van der Waals surface area contributed by atoms with Crippen molar-refractivity contribution in [2.45, 2.75) is 33.4 Å². The number of H-pyrrole nitrogens is 1. The molecule has 0 radical (unpaired) electrons. The molecule has 0 saturated heterocycles. The second kappa shape index (κ2) is 9.67. The maximum atomic E-state index is 14.0. The van der Waals surface area contributed by atoms with E-state index in [0.717, 1.165) is 18.2 Å². The lowest BCUT2D eigenvalue weighted by Crippen LogP contribution is -2.51. The number of rotatable bonds is 7. The standard InChI is InChI=1S/C23H24F2N4O3/c1-4-29(12-18-26-17-11-6-5-8-14(17)21(30)27-18)23(32)20(13(2)3)28-22(31)19-15(24)9-7-10-16(19)25/h5-11,13,20H,4,12H2,1-3H3,(H,28,31)(H,26,27,30). The van der Waals surface area contributed by atoms with Crippen molar-refractivity contribution in [1.82, 2.24) is 20.2 Å². The maximum Gasteiger partial charge on any atom is 0.258 e. The van der Waals surface area contributed by atoms with Crippen molar-refractivity contribution in [3.63, 3.8) is 0 Å². The van der Waals surface area contributed by atoms with Crippen molar-refractivity contribution in [2.75, 3.05) is 6.54 Å². The normalized spacial score (nSPS) is 12.1. The largest absolute Gasteiger partial charge is 0.340 e. The molecule has 1 unspecified atom stereocenters. The highest BCUT2D eigenvalue weighted by Crippen LogP contribution is 2.15. The van der Waals surface area contributed by atoms with Gasteiger partial charge in [0, 0.05) is 6.54 Å². The van der Waals surface area contributed by atoms with Crippen molar-refractivity contribution < 1.29 is 18.4 Å². The van der Waals surface area contributed by atoms with E-state index in [0.29, 0.717) is 10.9 Å². The minimum absolute atomic E-state index is 0.00254. The lowest BCUT2D eigenvalue weighted by atomic mass is 10.0. The molecule has 1 atom stereocenters. The first-order valence-electron chi connectivity index (χ1n) is 10.2. The molecule has 3 rings (SSSR count). The van der Waals surface area contributed by atoms with Crippen LogP contribution in [0.1, 0.15) is 37.0 Å². The zero-order valence-corrected chi connectivity index (χ0v) is 18.0. The zero-order valence-electron chi connectivity index (χ0n) is 18.0. The van der Waals surface area contributed by atoms with E-state index < -0.39 is 35.1 Å². The van der Waals surface area contributed by atoms with E-state index in [1.54, 1.807) is 45.0 Å². The molecule has 0 fully saturated rings. The van der Waals surface area contributed by atoms with Gasteiger partial charge >= 0.3 is 0 Å². The molecule has 168 valence electrons. The maximum absolute atomic E-state index is 14.0. The summed E-state index contributed by atoms with van der Waals surface area (Å²) in [6.07, 6.45) is 0. The minimum Gasteiger partial charge on any atom is -0.340 e. The SMILES string of the molecule is CCN(Cc1nc2ccccc2c(=O)[nH]1)C(=O)C(NC(=O)c1c(F)cccc1F)C(C)C. The number of amides is 2. The molecule has 7 nitrogen and oxygen atoms in total. The number of benzene rings is 2. The fraction of sp³-hybridized carbons (Fsp3) is 0.304. The summed E-state index contributed by atoms with van der Waals surface area (Å²) >= 11 is 0. The number of aromatic nitrogens is 2. The van der Waals surface area contributed by atoms with Crippen molar-refractivity contribution in [2.24, 2.45) is 5.92 Å². The molecule has 0 bridgehead atoms. The molecule has 9 heteroatoms. The Morgan fingerprint density at radius 3 is 2.38 bits per heavy atom. The molecular weight excluding hydrogens is 418 g/mol. The molecule has 3 aromatic rings. The summed E-state index contributed by atoms with van der Waals surface area (Å²) in [5, 5.41) is 2.89. The first-order valence-corrected chi connectivity index (χ1v) is 10.2. The molecular formula is C23H24F2N4O3. The molecule has 32 heavy (non-hydrogen) atoms. The fourth-order valence-corrected chi connectivity index (χ4v) is 3.37. The molecule has 0 aliphatic carbocycles. The quantitative estimate of drug-likeness (QED) is 0.588. The van der Waals surface area contributed by atoms with Gasteiger partial charge in [-0.25, -0.2) is 13.8 Å².